The molecule has 2 rings (SSSR count). The molecule has 2 aromatic carbocycles. The minimum absolute atomic E-state index is 0.0826. The number of nitrogens with zero attached hydrogens (tertiary/aromatic N) is 2. The molecular weight excluding hydrogens is 312 g/mol. The summed E-state index contributed by atoms with van der Waals surface area (Å²) in [6, 6.07) is 10.3. The summed E-state index contributed by atoms with van der Waals surface area (Å²) in [5.41, 5.74) is 13.3. The third-order valence-electron chi connectivity index (χ3n) is 3.66. The van der Waals surface area contributed by atoms with Crippen LogP contribution in [-0.2, 0) is 0 Å². The lowest BCUT2D eigenvalue weighted by atomic mass is 10.00. The first-order chi connectivity index (χ1) is 11.5. The van der Waals surface area contributed by atoms with Gasteiger partial charge in [-0.05, 0) is 11.6 Å². The summed E-state index contributed by atoms with van der Waals surface area (Å²) >= 11 is 0. The molecular formula is C16H20N4O4. The number of hydrogen-bond donors (Lipinski definition) is 4. The van der Waals surface area contributed by atoms with E-state index in [0.717, 1.165) is 0 Å². The summed E-state index contributed by atoms with van der Waals surface area (Å²) in [7, 11) is 0. The lowest BCUT2D eigenvalue weighted by Crippen LogP contribution is -2.31. The molecule has 8 heteroatoms. The first-order valence-corrected chi connectivity index (χ1v) is 7.39. The summed E-state index contributed by atoms with van der Waals surface area (Å²) in [5, 5.41) is 29.9. The van der Waals surface area contributed by atoms with Crippen LogP contribution in [0, 0.1) is 10.1 Å². The van der Waals surface area contributed by atoms with E-state index in [4.69, 9.17) is 11.5 Å². The molecule has 0 radical (unpaired) electrons. The van der Waals surface area contributed by atoms with Crippen molar-refractivity contribution >= 4 is 22.7 Å². The van der Waals surface area contributed by atoms with Crippen LogP contribution in [0.2, 0.25) is 0 Å². The van der Waals surface area contributed by atoms with E-state index in [9.17, 15) is 20.3 Å². The number of anilines is 3. The highest BCUT2D eigenvalue weighted by Gasteiger charge is 2.27. The molecule has 0 aliphatic rings. The minimum atomic E-state index is -0.545. The van der Waals surface area contributed by atoms with Gasteiger partial charge in [0, 0.05) is 13.1 Å². The van der Waals surface area contributed by atoms with Crippen molar-refractivity contribution in [1.82, 2.24) is 0 Å². The highest BCUT2D eigenvalue weighted by molar-refractivity contribution is 5.95. The van der Waals surface area contributed by atoms with Gasteiger partial charge in [0.25, 0.3) is 0 Å². The maximum Gasteiger partial charge on any atom is 0.302 e. The van der Waals surface area contributed by atoms with Gasteiger partial charge in [0.2, 0.25) is 0 Å². The molecule has 0 aliphatic heterocycles. The average molecular weight is 332 g/mol. The second-order valence-corrected chi connectivity index (χ2v) is 5.18. The van der Waals surface area contributed by atoms with Crippen LogP contribution in [0.15, 0.2) is 36.4 Å². The van der Waals surface area contributed by atoms with Gasteiger partial charge in [0.1, 0.15) is 5.69 Å². The molecule has 0 fully saturated rings. The van der Waals surface area contributed by atoms with Gasteiger partial charge in [-0.1, -0.05) is 30.3 Å². The fourth-order valence-electron chi connectivity index (χ4n) is 2.67. The first kappa shape index (κ1) is 17.5. The van der Waals surface area contributed by atoms with Crippen LogP contribution in [0.4, 0.5) is 22.7 Å². The van der Waals surface area contributed by atoms with Crippen molar-refractivity contribution in [1.29, 1.82) is 0 Å². The fraction of sp³-hybridized carbons (Fsp3) is 0.250. The van der Waals surface area contributed by atoms with E-state index in [1.165, 1.54) is 11.0 Å². The van der Waals surface area contributed by atoms with E-state index >= 15 is 0 Å². The summed E-state index contributed by atoms with van der Waals surface area (Å²) in [6.07, 6.45) is 0. The smallest absolute Gasteiger partial charge is 0.302 e. The molecule has 2 aromatic rings. The van der Waals surface area contributed by atoms with E-state index in [1.807, 2.05) is 0 Å². The average Bonchev–Trinajstić information content (AvgIpc) is 2.55. The zero-order valence-corrected chi connectivity index (χ0v) is 13.1. The Kier molecular flexibility index (Phi) is 5.56. The van der Waals surface area contributed by atoms with Crippen LogP contribution in [0.5, 0.6) is 0 Å². The number of nitro benzene ring substituents is 1. The van der Waals surface area contributed by atoms with Crippen molar-refractivity contribution in [2.24, 2.45) is 0 Å². The third kappa shape index (κ3) is 3.39. The molecule has 0 aliphatic carbocycles. The molecule has 0 heterocycles. The summed E-state index contributed by atoms with van der Waals surface area (Å²) in [4.78, 5) is 12.6. The maximum absolute atomic E-state index is 11.6. The Morgan fingerprint density at radius 3 is 2.17 bits per heavy atom. The normalized spacial score (nSPS) is 10.6. The zero-order chi connectivity index (χ0) is 17.7. The van der Waals surface area contributed by atoms with Gasteiger partial charge >= 0.3 is 5.69 Å². The van der Waals surface area contributed by atoms with Gasteiger partial charge in [-0.15, -0.1) is 0 Å². The molecule has 0 unspecified atom stereocenters. The molecule has 24 heavy (non-hydrogen) atoms. The largest absolute Gasteiger partial charge is 0.397 e. The van der Waals surface area contributed by atoms with Gasteiger partial charge in [0.05, 0.1) is 35.1 Å². The van der Waals surface area contributed by atoms with Gasteiger partial charge in [-0.2, -0.15) is 0 Å². The van der Waals surface area contributed by atoms with Crippen molar-refractivity contribution in [2.75, 3.05) is 42.7 Å². The first-order valence-electron chi connectivity index (χ1n) is 7.39. The van der Waals surface area contributed by atoms with E-state index in [1.54, 1.807) is 30.3 Å². The number of nitrogen functional groups attached to an aromatic ring is 2. The van der Waals surface area contributed by atoms with Crippen molar-refractivity contribution < 1.29 is 15.1 Å². The van der Waals surface area contributed by atoms with Crippen molar-refractivity contribution in [2.45, 2.75) is 0 Å². The second kappa shape index (κ2) is 7.62. The zero-order valence-electron chi connectivity index (χ0n) is 13.1. The standard InChI is InChI=1S/C16H20N4O4/c17-13-10-12(11-4-2-1-3-5-11)15(20(23)24)14(18)16(13)19(6-8-21)7-9-22/h1-5,10,21-22H,6-9,17-18H2. The molecule has 0 saturated heterocycles. The van der Waals surface area contributed by atoms with E-state index in [-0.39, 0.29) is 49.1 Å². The Bertz CT molecular complexity index is 716. The van der Waals surface area contributed by atoms with Crippen LogP contribution in [0.25, 0.3) is 11.1 Å². The predicted octanol–water partition coefficient (Wildman–Crippen LogP) is 1.22. The summed E-state index contributed by atoms with van der Waals surface area (Å²) in [5.74, 6) is 0. The van der Waals surface area contributed by atoms with Crippen LogP contribution in [-0.4, -0.2) is 41.4 Å². The predicted molar refractivity (Wildman–Crippen MR) is 93.7 cm³/mol. The topological polar surface area (TPSA) is 139 Å². The van der Waals surface area contributed by atoms with Crippen LogP contribution in [0.1, 0.15) is 0 Å². The van der Waals surface area contributed by atoms with E-state index in [0.29, 0.717) is 11.1 Å². The number of aliphatic hydroxyl groups excluding tert-OH is 2. The lowest BCUT2D eigenvalue weighted by Gasteiger charge is -2.26. The van der Waals surface area contributed by atoms with Crippen molar-refractivity contribution in [3.05, 3.63) is 46.5 Å². The molecule has 0 aromatic heterocycles. The quantitative estimate of drug-likeness (QED) is 0.339. The van der Waals surface area contributed by atoms with Crippen molar-refractivity contribution in [3.63, 3.8) is 0 Å². The molecule has 8 nitrogen and oxygen atoms in total. The Balaban J connectivity index is 2.68. The minimum Gasteiger partial charge on any atom is -0.397 e. The number of hydrogen-bond acceptors (Lipinski definition) is 7. The Labute approximate surface area is 139 Å². The van der Waals surface area contributed by atoms with Gasteiger partial charge in [-0.25, -0.2) is 0 Å². The van der Waals surface area contributed by atoms with Crippen LogP contribution < -0.4 is 16.4 Å². The molecule has 6 N–H and O–H groups in total. The monoisotopic (exact) mass is 332 g/mol. The Morgan fingerprint density at radius 2 is 1.67 bits per heavy atom. The number of aliphatic hydroxyl groups is 2. The van der Waals surface area contributed by atoms with Gasteiger partial charge in [0.15, 0.2) is 0 Å². The third-order valence-corrected chi connectivity index (χ3v) is 3.66. The fourth-order valence-corrected chi connectivity index (χ4v) is 2.67. The van der Waals surface area contributed by atoms with E-state index in [2.05, 4.69) is 0 Å². The van der Waals surface area contributed by atoms with Gasteiger partial charge in [-0.3, -0.25) is 10.1 Å². The summed E-state index contributed by atoms with van der Waals surface area (Å²) in [6.45, 7) is -0.103. The molecule has 0 saturated carbocycles. The molecule has 0 amide bonds. The maximum atomic E-state index is 11.6. The van der Waals surface area contributed by atoms with Crippen LogP contribution in [0.3, 0.4) is 0 Å². The number of rotatable bonds is 7. The number of benzene rings is 2. The summed E-state index contributed by atoms with van der Waals surface area (Å²) < 4.78 is 0. The highest BCUT2D eigenvalue weighted by atomic mass is 16.6. The highest BCUT2D eigenvalue weighted by Crippen LogP contribution is 2.44. The number of nitrogens with two attached hydrogens (primary N) is 2. The lowest BCUT2D eigenvalue weighted by molar-refractivity contribution is -0.383. The molecule has 0 spiro atoms. The molecule has 0 atom stereocenters. The van der Waals surface area contributed by atoms with Gasteiger partial charge < -0.3 is 26.6 Å². The Hall–Kier alpha value is -2.84. The molecule has 0 bridgehead atoms. The van der Waals surface area contributed by atoms with Crippen molar-refractivity contribution in [3.8, 4) is 11.1 Å². The van der Waals surface area contributed by atoms with Crippen LogP contribution >= 0.6 is 0 Å². The molecule has 128 valence electrons. The van der Waals surface area contributed by atoms with E-state index < -0.39 is 4.92 Å². The number of nitro groups is 1. The second-order valence-electron chi connectivity index (χ2n) is 5.18. The Morgan fingerprint density at radius 1 is 1.08 bits per heavy atom. The SMILES string of the molecule is Nc1cc(-c2ccccc2)c([N+](=O)[O-])c(N)c1N(CCO)CCO.